The summed E-state index contributed by atoms with van der Waals surface area (Å²) in [5.74, 6) is -0.124. The molecule has 1 N–H and O–H groups in total. The van der Waals surface area contributed by atoms with Crippen LogP contribution in [0.2, 0.25) is 0 Å². The van der Waals surface area contributed by atoms with Gasteiger partial charge >= 0.3 is 0 Å². The van der Waals surface area contributed by atoms with Gasteiger partial charge in [0.25, 0.3) is 0 Å². The van der Waals surface area contributed by atoms with Crippen LogP contribution in [-0.2, 0) is 4.79 Å². The molecule has 0 unspecified atom stereocenters. The summed E-state index contributed by atoms with van der Waals surface area (Å²) < 4.78 is 0.754. The Morgan fingerprint density at radius 1 is 1.44 bits per heavy atom. The van der Waals surface area contributed by atoms with E-state index in [1.54, 1.807) is 6.08 Å². The molecule has 1 aromatic carbocycles. The molecule has 0 fully saturated rings. The molecule has 1 amide bonds. The maximum absolute atomic E-state index is 11.3. The van der Waals surface area contributed by atoms with Crippen LogP contribution in [0.4, 0.5) is 0 Å². The minimum atomic E-state index is -0.124. The van der Waals surface area contributed by atoms with Gasteiger partial charge in [-0.3, -0.25) is 4.79 Å². The number of halogens is 1. The van der Waals surface area contributed by atoms with E-state index < -0.39 is 0 Å². The molecule has 0 atom stereocenters. The summed E-state index contributed by atoms with van der Waals surface area (Å²) in [5, 5.41) is 2.69. The Hall–Kier alpha value is -1.35. The highest BCUT2D eigenvalue weighted by atomic mass is 79.9. The molecule has 0 aromatic heterocycles. The van der Waals surface area contributed by atoms with Gasteiger partial charge in [0.15, 0.2) is 0 Å². The zero-order valence-corrected chi connectivity index (χ0v) is 10.8. The topological polar surface area (TPSA) is 29.1 Å². The molecule has 0 saturated heterocycles. The number of amides is 1. The van der Waals surface area contributed by atoms with Gasteiger partial charge in [-0.15, -0.1) is 0 Å². The number of carbonyl (C=O) groups excluding carboxylic acids is 1. The normalized spacial score (nSPS) is 10.4. The zero-order valence-electron chi connectivity index (χ0n) is 9.16. The minimum absolute atomic E-state index is 0.124. The van der Waals surface area contributed by atoms with E-state index >= 15 is 0 Å². The van der Waals surface area contributed by atoms with Crippen molar-refractivity contribution >= 4 is 27.9 Å². The molecule has 16 heavy (non-hydrogen) atoms. The molecular formula is C13H14BrNO. The van der Waals surface area contributed by atoms with Crippen LogP contribution in [0.3, 0.4) is 0 Å². The Balaban J connectivity index is 2.50. The second kappa shape index (κ2) is 6.28. The first-order valence-corrected chi connectivity index (χ1v) is 5.73. The summed E-state index contributed by atoms with van der Waals surface area (Å²) >= 11 is 3.17. The quantitative estimate of drug-likeness (QED) is 0.844. The van der Waals surface area contributed by atoms with E-state index in [4.69, 9.17) is 0 Å². The lowest BCUT2D eigenvalue weighted by Crippen LogP contribution is -2.21. The number of hydrogen-bond donors (Lipinski definition) is 1. The molecule has 0 heterocycles. The van der Waals surface area contributed by atoms with E-state index in [-0.39, 0.29) is 5.91 Å². The number of hydrogen-bond acceptors (Lipinski definition) is 1. The van der Waals surface area contributed by atoms with Crippen LogP contribution in [0, 0.1) is 6.92 Å². The zero-order chi connectivity index (χ0) is 12.0. The highest BCUT2D eigenvalue weighted by Crippen LogP contribution is 2.04. The fourth-order valence-corrected chi connectivity index (χ4v) is 1.23. The molecule has 0 aliphatic rings. The Morgan fingerprint density at radius 2 is 2.06 bits per heavy atom. The summed E-state index contributed by atoms with van der Waals surface area (Å²) in [6.45, 7) is 6.10. The predicted octanol–water partition coefficient (Wildman–Crippen LogP) is 3.03. The van der Waals surface area contributed by atoms with Crippen molar-refractivity contribution in [3.8, 4) is 0 Å². The molecular weight excluding hydrogens is 266 g/mol. The highest BCUT2D eigenvalue weighted by molar-refractivity contribution is 9.11. The van der Waals surface area contributed by atoms with E-state index in [2.05, 4.69) is 27.8 Å². The molecule has 84 valence electrons. The van der Waals surface area contributed by atoms with Crippen molar-refractivity contribution in [2.75, 3.05) is 6.54 Å². The van der Waals surface area contributed by atoms with Gasteiger partial charge in [0.1, 0.15) is 0 Å². The SMILES string of the molecule is C=C(Br)CNC(=O)/C=C/c1ccc(C)cc1. The summed E-state index contributed by atoms with van der Waals surface area (Å²) in [6.07, 6.45) is 3.30. The van der Waals surface area contributed by atoms with Crippen LogP contribution < -0.4 is 5.32 Å². The summed E-state index contributed by atoms with van der Waals surface area (Å²) in [5.41, 5.74) is 2.22. The van der Waals surface area contributed by atoms with Crippen molar-refractivity contribution in [2.45, 2.75) is 6.92 Å². The van der Waals surface area contributed by atoms with Crippen LogP contribution in [0.25, 0.3) is 6.08 Å². The summed E-state index contributed by atoms with van der Waals surface area (Å²) in [6, 6.07) is 7.97. The van der Waals surface area contributed by atoms with E-state index in [1.165, 1.54) is 11.6 Å². The van der Waals surface area contributed by atoms with Crippen LogP contribution in [0.15, 0.2) is 41.4 Å². The van der Waals surface area contributed by atoms with Gasteiger partial charge in [-0.1, -0.05) is 52.3 Å². The number of aryl methyl sites for hydroxylation is 1. The van der Waals surface area contributed by atoms with Gasteiger partial charge in [0.05, 0.1) is 0 Å². The molecule has 0 saturated carbocycles. The van der Waals surface area contributed by atoms with E-state index in [9.17, 15) is 4.79 Å². The molecule has 0 bridgehead atoms. The van der Waals surface area contributed by atoms with E-state index in [0.717, 1.165) is 10.0 Å². The Kier molecular flexibility index (Phi) is 4.99. The second-order valence-corrected chi connectivity index (χ2v) is 4.60. The highest BCUT2D eigenvalue weighted by Gasteiger charge is 1.94. The fourth-order valence-electron chi connectivity index (χ4n) is 1.09. The van der Waals surface area contributed by atoms with Gasteiger partial charge in [0.2, 0.25) is 5.91 Å². The summed E-state index contributed by atoms with van der Waals surface area (Å²) in [4.78, 5) is 11.3. The first kappa shape index (κ1) is 12.7. The van der Waals surface area contributed by atoms with Gasteiger partial charge < -0.3 is 5.32 Å². The fraction of sp³-hybridized carbons (Fsp3) is 0.154. The minimum Gasteiger partial charge on any atom is -0.348 e. The van der Waals surface area contributed by atoms with Gasteiger partial charge in [-0.05, 0) is 18.6 Å². The molecule has 0 aliphatic carbocycles. The van der Waals surface area contributed by atoms with Crippen LogP contribution in [0.5, 0.6) is 0 Å². The molecule has 0 spiro atoms. The van der Waals surface area contributed by atoms with Crippen molar-refractivity contribution in [1.29, 1.82) is 0 Å². The third kappa shape index (κ3) is 4.94. The first-order valence-electron chi connectivity index (χ1n) is 4.94. The van der Waals surface area contributed by atoms with Gasteiger partial charge in [-0.25, -0.2) is 0 Å². The molecule has 3 heteroatoms. The number of benzene rings is 1. The second-order valence-electron chi connectivity index (χ2n) is 3.48. The number of carbonyl (C=O) groups is 1. The largest absolute Gasteiger partial charge is 0.348 e. The molecule has 0 radical (unpaired) electrons. The third-order valence-corrected chi connectivity index (χ3v) is 2.24. The van der Waals surface area contributed by atoms with Crippen molar-refractivity contribution in [2.24, 2.45) is 0 Å². The number of rotatable bonds is 4. The van der Waals surface area contributed by atoms with E-state index in [1.807, 2.05) is 31.2 Å². The first-order chi connectivity index (χ1) is 7.58. The van der Waals surface area contributed by atoms with Crippen LogP contribution in [-0.4, -0.2) is 12.5 Å². The molecule has 2 nitrogen and oxygen atoms in total. The predicted molar refractivity (Wildman–Crippen MR) is 71.3 cm³/mol. The summed E-state index contributed by atoms with van der Waals surface area (Å²) in [7, 11) is 0. The molecule has 0 aliphatic heterocycles. The van der Waals surface area contributed by atoms with Gasteiger partial charge in [-0.2, -0.15) is 0 Å². The maximum atomic E-state index is 11.3. The van der Waals surface area contributed by atoms with Crippen LogP contribution in [0.1, 0.15) is 11.1 Å². The molecule has 1 aromatic rings. The Labute approximate surface area is 104 Å². The average Bonchev–Trinajstić information content (AvgIpc) is 2.25. The third-order valence-electron chi connectivity index (χ3n) is 1.96. The lowest BCUT2D eigenvalue weighted by molar-refractivity contribution is -0.116. The molecule has 1 rings (SSSR count). The van der Waals surface area contributed by atoms with Crippen molar-refractivity contribution in [3.63, 3.8) is 0 Å². The monoisotopic (exact) mass is 279 g/mol. The number of nitrogens with one attached hydrogen (secondary N) is 1. The van der Waals surface area contributed by atoms with E-state index in [0.29, 0.717) is 6.54 Å². The van der Waals surface area contributed by atoms with Crippen molar-refractivity contribution < 1.29 is 4.79 Å². The lowest BCUT2D eigenvalue weighted by Gasteiger charge is -1.99. The standard InChI is InChI=1S/C13H14BrNO/c1-10-3-5-12(6-4-10)7-8-13(16)15-9-11(2)14/h3-8H,2,9H2,1H3,(H,15,16)/b8-7+. The lowest BCUT2D eigenvalue weighted by atomic mass is 10.1. The van der Waals surface area contributed by atoms with Crippen molar-refractivity contribution in [3.05, 3.63) is 52.5 Å². The smallest absolute Gasteiger partial charge is 0.244 e. The van der Waals surface area contributed by atoms with Crippen LogP contribution >= 0.6 is 15.9 Å². The maximum Gasteiger partial charge on any atom is 0.244 e. The Morgan fingerprint density at radius 3 is 2.62 bits per heavy atom. The van der Waals surface area contributed by atoms with Crippen molar-refractivity contribution in [1.82, 2.24) is 5.32 Å². The average molecular weight is 280 g/mol. The van der Waals surface area contributed by atoms with Gasteiger partial charge in [0, 0.05) is 17.1 Å². The Bertz CT molecular complexity index is 406.